The molecule has 0 aromatic carbocycles. The van der Waals surface area contributed by atoms with Crippen LogP contribution in [0.5, 0.6) is 0 Å². The third kappa shape index (κ3) is 3.19. The third-order valence-corrected chi connectivity index (χ3v) is 3.80. The molecule has 0 heterocycles. The monoisotopic (exact) mass is 249 g/mol. The average Bonchev–Trinajstić information content (AvgIpc) is 1.79. The van der Waals surface area contributed by atoms with Crippen LogP contribution in [-0.4, -0.2) is 46.8 Å². The van der Waals surface area contributed by atoms with Crippen LogP contribution in [0.2, 0.25) is 0 Å². The van der Waals surface area contributed by atoms with Crippen molar-refractivity contribution in [3.8, 4) is 0 Å². The van der Waals surface area contributed by atoms with E-state index in [4.69, 9.17) is 14.2 Å². The van der Waals surface area contributed by atoms with Crippen molar-refractivity contribution >= 4 is 26.6 Å². The van der Waals surface area contributed by atoms with Crippen molar-refractivity contribution < 1.29 is 35.8 Å². The van der Waals surface area contributed by atoms with Crippen LogP contribution in [0.3, 0.4) is 0 Å². The summed E-state index contributed by atoms with van der Waals surface area (Å²) in [5.74, 6) is -1.85. The Morgan fingerprint density at radius 1 is 1.14 bits per heavy atom. The second-order valence-corrected chi connectivity index (χ2v) is 5.00. The molecule has 0 spiro atoms. The van der Waals surface area contributed by atoms with E-state index < -0.39 is 36.3 Å². The van der Waals surface area contributed by atoms with Crippen LogP contribution in [0.25, 0.3) is 0 Å². The summed E-state index contributed by atoms with van der Waals surface area (Å²) < 4.78 is 57.3. The predicted octanol–water partition coefficient (Wildman–Crippen LogP) is -1.63. The molecular formula is C3H7NO8S2. The van der Waals surface area contributed by atoms with E-state index in [1.807, 2.05) is 0 Å². The zero-order valence-electron chi connectivity index (χ0n) is 6.72. The van der Waals surface area contributed by atoms with E-state index in [2.05, 4.69) is 0 Å². The van der Waals surface area contributed by atoms with Gasteiger partial charge < -0.3 is 5.11 Å². The number of carboxylic acid groups (broad SMARTS) is 1. The van der Waals surface area contributed by atoms with Crippen LogP contribution in [-0.2, 0) is 25.4 Å². The molecule has 0 fully saturated rings. The van der Waals surface area contributed by atoms with E-state index in [1.54, 1.807) is 0 Å². The number of hydrogen-bond acceptors (Lipinski definition) is 5. The Morgan fingerprint density at radius 3 is 1.50 bits per heavy atom. The van der Waals surface area contributed by atoms with Gasteiger partial charge in [0.25, 0.3) is 0 Å². The number of nitrogens with zero attached hydrogens (tertiary/aromatic N) is 1. The fraction of sp³-hybridized carbons (Fsp3) is 0.667. The van der Waals surface area contributed by atoms with Gasteiger partial charge in [-0.3, -0.25) is 13.9 Å². The van der Waals surface area contributed by atoms with Gasteiger partial charge in [-0.1, -0.05) is 0 Å². The summed E-state index contributed by atoms with van der Waals surface area (Å²) in [6.45, 7) is 0.657. The molecule has 0 rings (SSSR count). The molecule has 0 amide bonds. The highest BCUT2D eigenvalue weighted by Crippen LogP contribution is 2.10. The molecule has 84 valence electrons. The lowest BCUT2D eigenvalue weighted by Crippen LogP contribution is -2.46. The van der Waals surface area contributed by atoms with Crippen LogP contribution in [0.1, 0.15) is 6.92 Å². The Hall–Kier alpha value is -0.750. The Morgan fingerprint density at radius 2 is 1.43 bits per heavy atom. The van der Waals surface area contributed by atoms with Gasteiger partial charge in [0.1, 0.15) is 6.04 Å². The van der Waals surface area contributed by atoms with E-state index >= 15 is 0 Å². The Bertz CT molecular complexity index is 388. The highest BCUT2D eigenvalue weighted by atomic mass is 32.3. The molecule has 1 unspecified atom stereocenters. The first-order valence-electron chi connectivity index (χ1n) is 2.95. The number of rotatable bonds is 4. The summed E-state index contributed by atoms with van der Waals surface area (Å²) in [7, 11) is -10.7. The molecule has 0 saturated carbocycles. The first-order valence-corrected chi connectivity index (χ1v) is 5.74. The van der Waals surface area contributed by atoms with Crippen molar-refractivity contribution in [3.63, 3.8) is 0 Å². The van der Waals surface area contributed by atoms with Gasteiger partial charge >= 0.3 is 26.6 Å². The van der Waals surface area contributed by atoms with Crippen LogP contribution in [0, 0.1) is 0 Å². The van der Waals surface area contributed by atoms with Gasteiger partial charge in [-0.05, 0) is 10.6 Å². The number of carbonyl (C=O) groups is 1. The van der Waals surface area contributed by atoms with Crippen molar-refractivity contribution in [1.82, 2.24) is 3.71 Å². The van der Waals surface area contributed by atoms with E-state index in [-0.39, 0.29) is 0 Å². The lowest BCUT2D eigenvalue weighted by atomic mass is 10.4. The maximum atomic E-state index is 10.4. The summed E-state index contributed by atoms with van der Waals surface area (Å²) >= 11 is 0. The largest absolute Gasteiger partial charge is 0.480 e. The smallest absolute Gasteiger partial charge is 0.351 e. The minimum atomic E-state index is -5.35. The molecule has 0 radical (unpaired) electrons. The molecular weight excluding hydrogens is 242 g/mol. The highest BCUT2D eigenvalue weighted by molar-refractivity contribution is 7.98. The molecule has 14 heavy (non-hydrogen) atoms. The van der Waals surface area contributed by atoms with Crippen molar-refractivity contribution in [2.75, 3.05) is 0 Å². The van der Waals surface area contributed by atoms with Crippen molar-refractivity contribution in [1.29, 1.82) is 0 Å². The van der Waals surface area contributed by atoms with Gasteiger partial charge in [-0.25, -0.2) is 0 Å². The zero-order chi connectivity index (χ0) is 11.7. The predicted molar refractivity (Wildman–Crippen MR) is 42.0 cm³/mol. The van der Waals surface area contributed by atoms with Crippen LogP contribution < -0.4 is 0 Å². The Labute approximate surface area is 79.7 Å². The molecule has 0 aromatic rings. The molecule has 3 N–H and O–H groups in total. The molecule has 0 bridgehead atoms. The summed E-state index contributed by atoms with van der Waals surface area (Å²) in [5.41, 5.74) is 0. The average molecular weight is 249 g/mol. The van der Waals surface area contributed by atoms with Crippen molar-refractivity contribution in [2.45, 2.75) is 13.0 Å². The van der Waals surface area contributed by atoms with Gasteiger partial charge in [-0.2, -0.15) is 16.8 Å². The normalized spacial score (nSPS) is 15.4. The molecule has 0 aliphatic heterocycles. The lowest BCUT2D eigenvalue weighted by molar-refractivity contribution is -0.140. The molecule has 0 aliphatic rings. The molecule has 11 heteroatoms. The first kappa shape index (κ1) is 13.2. The molecule has 0 saturated heterocycles. The third-order valence-electron chi connectivity index (χ3n) is 1.13. The minimum Gasteiger partial charge on any atom is -0.480 e. The molecule has 9 nitrogen and oxygen atoms in total. The molecule has 1 atom stereocenters. The SMILES string of the molecule is CC(C(=O)O)N(S(=O)(=O)O)S(=O)(=O)O. The van der Waals surface area contributed by atoms with E-state index in [1.165, 1.54) is 0 Å². The second kappa shape index (κ2) is 3.78. The first-order chi connectivity index (χ1) is 5.98. The lowest BCUT2D eigenvalue weighted by Gasteiger charge is -2.17. The summed E-state index contributed by atoms with van der Waals surface area (Å²) in [4.78, 5) is 10.2. The van der Waals surface area contributed by atoms with E-state index in [9.17, 15) is 21.6 Å². The topological polar surface area (TPSA) is 149 Å². The summed E-state index contributed by atoms with van der Waals surface area (Å²) in [5, 5.41) is 8.29. The van der Waals surface area contributed by atoms with Crippen LogP contribution in [0.4, 0.5) is 0 Å². The number of carboxylic acids is 1. The Balaban J connectivity index is 5.49. The Kier molecular flexibility index (Phi) is 3.58. The fourth-order valence-electron chi connectivity index (χ4n) is 0.609. The minimum absolute atomic E-state index is 0.657. The quantitative estimate of drug-likeness (QED) is 0.502. The maximum absolute atomic E-state index is 10.4. The number of hydrogen-bond donors (Lipinski definition) is 3. The van der Waals surface area contributed by atoms with E-state index in [0.29, 0.717) is 6.92 Å². The van der Waals surface area contributed by atoms with Gasteiger partial charge in [0, 0.05) is 0 Å². The summed E-state index contributed by atoms with van der Waals surface area (Å²) in [6, 6.07) is -2.14. The maximum Gasteiger partial charge on any atom is 0.351 e. The standard InChI is InChI=1S/C3H7NO8S2/c1-2(3(5)6)4(13(7,8)9)14(10,11)12/h2H,1H3,(H,5,6)(H,7,8,9)(H,10,11,12). The van der Waals surface area contributed by atoms with Crippen molar-refractivity contribution in [3.05, 3.63) is 0 Å². The molecule has 0 aromatic heterocycles. The van der Waals surface area contributed by atoms with Gasteiger partial charge in [0.05, 0.1) is 0 Å². The zero-order valence-corrected chi connectivity index (χ0v) is 8.36. The fourth-order valence-corrected chi connectivity index (χ4v) is 2.54. The highest BCUT2D eigenvalue weighted by Gasteiger charge is 2.39. The molecule has 0 aliphatic carbocycles. The second-order valence-electron chi connectivity index (χ2n) is 2.20. The number of aliphatic carboxylic acids is 1. The van der Waals surface area contributed by atoms with Crippen molar-refractivity contribution in [2.24, 2.45) is 0 Å². The van der Waals surface area contributed by atoms with Crippen LogP contribution in [0.15, 0.2) is 0 Å². The van der Waals surface area contributed by atoms with Crippen LogP contribution >= 0.6 is 0 Å². The van der Waals surface area contributed by atoms with Gasteiger partial charge in [0.2, 0.25) is 0 Å². The van der Waals surface area contributed by atoms with E-state index in [0.717, 1.165) is 0 Å². The summed E-state index contributed by atoms with van der Waals surface area (Å²) in [6.07, 6.45) is 0. The van der Waals surface area contributed by atoms with Gasteiger partial charge in [-0.15, -0.1) is 0 Å². The van der Waals surface area contributed by atoms with Gasteiger partial charge in [0.15, 0.2) is 0 Å².